The number of carbonyl (C=O) groups excluding carboxylic acids is 1. The molecule has 0 radical (unpaired) electrons. The van der Waals surface area contributed by atoms with E-state index in [0.29, 0.717) is 0 Å². The summed E-state index contributed by atoms with van der Waals surface area (Å²) in [6.45, 7) is 0. The number of carbonyl (C=O) groups is 1. The molecule has 0 bridgehead atoms. The van der Waals surface area contributed by atoms with Crippen molar-refractivity contribution in [2.45, 2.75) is 11.1 Å². The molecule has 6 nitrogen and oxygen atoms in total. The third-order valence-corrected chi connectivity index (χ3v) is 6.43. The van der Waals surface area contributed by atoms with Crippen molar-refractivity contribution in [3.8, 4) is 0 Å². The molecule has 0 saturated heterocycles. The topological polar surface area (TPSA) is 88.2 Å². The SMILES string of the molecule is O=C(C=Cc1cccc(C(F)(F)F)c1Cl)Nc1ccc(S(=O)(=O)Nc2nccs2)cc1. The van der Waals surface area contributed by atoms with Crippen molar-refractivity contribution in [2.24, 2.45) is 0 Å². The van der Waals surface area contributed by atoms with Crippen LogP contribution in [0.25, 0.3) is 6.08 Å². The smallest absolute Gasteiger partial charge is 0.323 e. The Morgan fingerprint density at radius 3 is 2.45 bits per heavy atom. The molecule has 0 fully saturated rings. The van der Waals surface area contributed by atoms with Gasteiger partial charge in [0.25, 0.3) is 10.0 Å². The van der Waals surface area contributed by atoms with Gasteiger partial charge in [0, 0.05) is 23.3 Å². The van der Waals surface area contributed by atoms with Gasteiger partial charge in [-0.05, 0) is 42.0 Å². The van der Waals surface area contributed by atoms with Crippen molar-refractivity contribution in [1.29, 1.82) is 0 Å². The summed E-state index contributed by atoms with van der Waals surface area (Å²) in [5.41, 5.74) is -0.681. The number of hydrogen-bond donors (Lipinski definition) is 2. The highest BCUT2D eigenvalue weighted by Gasteiger charge is 2.33. The minimum atomic E-state index is -4.61. The van der Waals surface area contributed by atoms with E-state index in [9.17, 15) is 26.4 Å². The van der Waals surface area contributed by atoms with E-state index in [1.807, 2.05) is 0 Å². The number of sulfonamides is 1. The number of alkyl halides is 3. The molecule has 31 heavy (non-hydrogen) atoms. The Balaban J connectivity index is 1.68. The fourth-order valence-electron chi connectivity index (χ4n) is 2.41. The molecule has 0 spiro atoms. The molecular formula is C19H13ClF3N3O3S2. The van der Waals surface area contributed by atoms with E-state index >= 15 is 0 Å². The lowest BCUT2D eigenvalue weighted by Crippen LogP contribution is -2.13. The first-order valence-electron chi connectivity index (χ1n) is 8.43. The molecule has 0 aliphatic carbocycles. The average molecular weight is 488 g/mol. The number of anilines is 2. The Morgan fingerprint density at radius 1 is 1.13 bits per heavy atom. The number of benzene rings is 2. The van der Waals surface area contributed by atoms with E-state index in [1.165, 1.54) is 42.6 Å². The lowest BCUT2D eigenvalue weighted by molar-refractivity contribution is -0.137. The van der Waals surface area contributed by atoms with Gasteiger partial charge in [0.1, 0.15) is 0 Å². The summed E-state index contributed by atoms with van der Waals surface area (Å²) < 4.78 is 65.6. The van der Waals surface area contributed by atoms with Crippen LogP contribution in [0.4, 0.5) is 24.0 Å². The summed E-state index contributed by atoms with van der Waals surface area (Å²) in [4.78, 5) is 15.9. The van der Waals surface area contributed by atoms with Crippen LogP contribution in [0.3, 0.4) is 0 Å². The van der Waals surface area contributed by atoms with Gasteiger partial charge in [-0.2, -0.15) is 13.2 Å². The van der Waals surface area contributed by atoms with Crippen molar-refractivity contribution in [3.05, 3.63) is 76.3 Å². The number of aromatic nitrogens is 1. The first kappa shape index (κ1) is 22.8. The van der Waals surface area contributed by atoms with Gasteiger partial charge in [-0.3, -0.25) is 9.52 Å². The van der Waals surface area contributed by atoms with Crippen molar-refractivity contribution < 1.29 is 26.4 Å². The fourth-order valence-corrected chi connectivity index (χ4v) is 4.50. The maximum absolute atomic E-state index is 12.9. The van der Waals surface area contributed by atoms with Crippen molar-refractivity contribution >= 4 is 55.8 Å². The Hall–Kier alpha value is -2.89. The number of amides is 1. The van der Waals surface area contributed by atoms with E-state index in [0.717, 1.165) is 29.6 Å². The highest BCUT2D eigenvalue weighted by molar-refractivity contribution is 7.93. The second-order valence-corrected chi connectivity index (χ2v) is 8.95. The van der Waals surface area contributed by atoms with Crippen LogP contribution in [0.15, 0.2) is 65.0 Å². The first-order chi connectivity index (χ1) is 14.6. The summed E-state index contributed by atoms with van der Waals surface area (Å²) in [6, 6.07) is 8.71. The zero-order valence-corrected chi connectivity index (χ0v) is 17.7. The van der Waals surface area contributed by atoms with E-state index < -0.39 is 32.7 Å². The minimum absolute atomic E-state index is 0.0290. The van der Waals surface area contributed by atoms with Crippen molar-refractivity contribution in [1.82, 2.24) is 4.98 Å². The van der Waals surface area contributed by atoms with Crippen LogP contribution in [0.2, 0.25) is 5.02 Å². The largest absolute Gasteiger partial charge is 0.417 e. The summed E-state index contributed by atoms with van der Waals surface area (Å²) in [6.07, 6.45) is -0.972. The summed E-state index contributed by atoms with van der Waals surface area (Å²) in [5.74, 6) is -0.634. The monoisotopic (exact) mass is 487 g/mol. The van der Waals surface area contributed by atoms with Crippen LogP contribution >= 0.6 is 22.9 Å². The van der Waals surface area contributed by atoms with Gasteiger partial charge in [0.05, 0.1) is 15.5 Å². The molecule has 12 heteroatoms. The van der Waals surface area contributed by atoms with E-state index in [1.54, 1.807) is 5.38 Å². The second-order valence-electron chi connectivity index (χ2n) is 6.00. The molecule has 1 aromatic heterocycles. The Morgan fingerprint density at radius 2 is 1.84 bits per heavy atom. The van der Waals surface area contributed by atoms with Gasteiger partial charge >= 0.3 is 6.18 Å². The summed E-state index contributed by atoms with van der Waals surface area (Å²) >= 11 is 6.90. The number of halogens is 4. The second kappa shape index (κ2) is 9.08. The third-order valence-electron chi connectivity index (χ3n) is 3.83. The molecule has 0 aliphatic heterocycles. The standard InChI is InChI=1S/C19H13ClF3N3O3S2/c20-17-12(2-1-3-15(17)19(21,22)23)4-9-16(27)25-13-5-7-14(8-6-13)31(28,29)26-18-24-10-11-30-18/h1-11H,(H,24,26)(H,25,27). The lowest BCUT2D eigenvalue weighted by atomic mass is 10.1. The molecule has 162 valence electrons. The first-order valence-corrected chi connectivity index (χ1v) is 11.2. The van der Waals surface area contributed by atoms with Gasteiger partial charge in [-0.15, -0.1) is 11.3 Å². The van der Waals surface area contributed by atoms with Gasteiger partial charge in [-0.1, -0.05) is 23.7 Å². The van der Waals surface area contributed by atoms with E-state index in [-0.39, 0.29) is 21.3 Å². The van der Waals surface area contributed by atoms with Gasteiger partial charge in [-0.25, -0.2) is 13.4 Å². The number of nitrogens with one attached hydrogen (secondary N) is 2. The molecule has 2 N–H and O–H groups in total. The van der Waals surface area contributed by atoms with Gasteiger partial charge in [0.15, 0.2) is 5.13 Å². The number of thiazole rings is 1. The molecule has 2 aromatic carbocycles. The Bertz CT molecular complexity index is 1210. The highest BCUT2D eigenvalue weighted by Crippen LogP contribution is 2.36. The van der Waals surface area contributed by atoms with Crippen LogP contribution in [-0.2, 0) is 21.0 Å². The van der Waals surface area contributed by atoms with Gasteiger partial charge in [0.2, 0.25) is 5.91 Å². The quantitative estimate of drug-likeness (QED) is 0.464. The van der Waals surface area contributed by atoms with E-state index in [4.69, 9.17) is 11.6 Å². The number of nitrogens with zero attached hydrogens (tertiary/aromatic N) is 1. The van der Waals surface area contributed by atoms with Crippen molar-refractivity contribution in [3.63, 3.8) is 0 Å². The van der Waals surface area contributed by atoms with Crippen LogP contribution in [0.5, 0.6) is 0 Å². The highest BCUT2D eigenvalue weighted by atomic mass is 35.5. The lowest BCUT2D eigenvalue weighted by Gasteiger charge is -2.10. The molecule has 1 amide bonds. The molecule has 3 rings (SSSR count). The third kappa shape index (κ3) is 5.84. The molecule has 3 aromatic rings. The minimum Gasteiger partial charge on any atom is -0.323 e. The van der Waals surface area contributed by atoms with E-state index in [2.05, 4.69) is 15.0 Å². The molecule has 1 heterocycles. The maximum atomic E-state index is 12.9. The Labute approximate surface area is 184 Å². The molecule has 0 atom stereocenters. The maximum Gasteiger partial charge on any atom is 0.417 e. The predicted molar refractivity (Wildman–Crippen MR) is 113 cm³/mol. The normalized spacial score (nSPS) is 12.1. The predicted octanol–water partition coefficient (Wildman–Crippen LogP) is 5.27. The average Bonchev–Trinajstić information content (AvgIpc) is 3.19. The molecule has 0 aliphatic rings. The zero-order valence-electron chi connectivity index (χ0n) is 15.4. The summed E-state index contributed by atoms with van der Waals surface area (Å²) in [7, 11) is -3.83. The van der Waals surface area contributed by atoms with Crippen LogP contribution in [0, 0.1) is 0 Å². The van der Waals surface area contributed by atoms with Crippen LogP contribution < -0.4 is 10.0 Å². The van der Waals surface area contributed by atoms with Crippen LogP contribution in [0.1, 0.15) is 11.1 Å². The fraction of sp³-hybridized carbons (Fsp3) is 0.0526. The molecule has 0 saturated carbocycles. The van der Waals surface area contributed by atoms with Crippen LogP contribution in [-0.4, -0.2) is 19.3 Å². The number of rotatable bonds is 6. The molecular weight excluding hydrogens is 475 g/mol. The summed E-state index contributed by atoms with van der Waals surface area (Å²) in [5, 5.41) is 3.81. The van der Waals surface area contributed by atoms with Crippen molar-refractivity contribution in [2.75, 3.05) is 10.0 Å². The van der Waals surface area contributed by atoms with Gasteiger partial charge < -0.3 is 5.32 Å². The number of hydrogen-bond acceptors (Lipinski definition) is 5. The zero-order chi connectivity index (χ0) is 22.6. The Kier molecular flexibility index (Phi) is 6.68. The molecule has 0 unspecified atom stereocenters.